The molecule has 0 aliphatic carbocycles. The third-order valence-electron chi connectivity index (χ3n) is 6.00. The van der Waals surface area contributed by atoms with Crippen molar-refractivity contribution in [3.63, 3.8) is 0 Å². The summed E-state index contributed by atoms with van der Waals surface area (Å²) in [6.45, 7) is 5.77. The standard InChI is InChI=1S/C31H30N2O5S2/c1-5-38-31(36)27-26(21-11-9-19(2)10-12-21)18-39-30(27)33-28(34)20(3)40-25-8-6-7-23(17-25)32-29(35)22-13-15-24(37-4)16-14-22/h6-18,20H,5H2,1-4H3,(H,32,35)(H,33,34). The molecule has 0 spiro atoms. The predicted octanol–water partition coefficient (Wildman–Crippen LogP) is 7.28. The number of hydrogen-bond acceptors (Lipinski definition) is 7. The molecular weight excluding hydrogens is 544 g/mol. The van der Waals surface area contributed by atoms with E-state index in [9.17, 15) is 14.4 Å². The van der Waals surface area contributed by atoms with Crippen LogP contribution in [0.15, 0.2) is 83.1 Å². The minimum absolute atomic E-state index is 0.229. The number of hydrogen-bond donors (Lipinski definition) is 2. The van der Waals surface area contributed by atoms with Crippen molar-refractivity contribution in [2.75, 3.05) is 24.4 Å². The van der Waals surface area contributed by atoms with Gasteiger partial charge in [0.25, 0.3) is 5.91 Å². The van der Waals surface area contributed by atoms with Crippen molar-refractivity contribution in [2.45, 2.75) is 30.9 Å². The van der Waals surface area contributed by atoms with Crippen molar-refractivity contribution in [1.29, 1.82) is 0 Å². The van der Waals surface area contributed by atoms with E-state index in [-0.39, 0.29) is 18.4 Å². The number of thioether (sulfide) groups is 1. The Morgan fingerprint density at radius 1 is 0.975 bits per heavy atom. The average Bonchev–Trinajstić information content (AvgIpc) is 3.37. The van der Waals surface area contributed by atoms with Gasteiger partial charge in [-0.15, -0.1) is 23.1 Å². The number of esters is 1. The van der Waals surface area contributed by atoms with Crippen LogP contribution in [-0.4, -0.2) is 36.8 Å². The quantitative estimate of drug-likeness (QED) is 0.153. The lowest BCUT2D eigenvalue weighted by atomic mass is 10.0. The van der Waals surface area contributed by atoms with Crippen LogP contribution in [0.1, 0.15) is 40.1 Å². The van der Waals surface area contributed by atoms with Crippen molar-refractivity contribution in [1.82, 2.24) is 0 Å². The Kier molecular flexibility index (Phi) is 9.63. The van der Waals surface area contributed by atoms with Gasteiger partial charge in [-0.2, -0.15) is 0 Å². The van der Waals surface area contributed by atoms with Crippen LogP contribution in [0.25, 0.3) is 11.1 Å². The maximum atomic E-state index is 13.2. The number of methoxy groups -OCH3 is 1. The number of anilines is 2. The Labute approximate surface area is 241 Å². The SMILES string of the molecule is CCOC(=O)c1c(-c2ccc(C)cc2)csc1NC(=O)C(C)Sc1cccc(NC(=O)c2ccc(OC)cc2)c1. The van der Waals surface area contributed by atoms with Crippen molar-refractivity contribution in [3.8, 4) is 16.9 Å². The van der Waals surface area contributed by atoms with Gasteiger partial charge in [0.05, 0.1) is 19.0 Å². The number of thiophene rings is 1. The van der Waals surface area contributed by atoms with Crippen LogP contribution in [0.3, 0.4) is 0 Å². The molecule has 4 rings (SSSR count). The summed E-state index contributed by atoms with van der Waals surface area (Å²) in [7, 11) is 1.57. The van der Waals surface area contributed by atoms with Gasteiger partial charge in [0.15, 0.2) is 0 Å². The van der Waals surface area contributed by atoms with E-state index >= 15 is 0 Å². The van der Waals surface area contributed by atoms with E-state index in [2.05, 4.69) is 10.6 Å². The van der Waals surface area contributed by atoms with Gasteiger partial charge in [-0.05, 0) is 68.8 Å². The molecule has 0 saturated carbocycles. The van der Waals surface area contributed by atoms with Gasteiger partial charge in [-0.3, -0.25) is 9.59 Å². The molecule has 9 heteroatoms. The summed E-state index contributed by atoms with van der Waals surface area (Å²) in [4.78, 5) is 39.5. The fraction of sp³-hybridized carbons (Fsp3) is 0.194. The molecular formula is C31H30N2O5S2. The Morgan fingerprint density at radius 3 is 2.38 bits per heavy atom. The van der Waals surface area contributed by atoms with Gasteiger partial charge in [0.1, 0.15) is 16.3 Å². The maximum absolute atomic E-state index is 13.2. The van der Waals surface area contributed by atoms with E-state index in [0.717, 1.165) is 21.6 Å². The molecule has 40 heavy (non-hydrogen) atoms. The molecule has 0 aliphatic rings. The minimum atomic E-state index is -0.479. The van der Waals surface area contributed by atoms with E-state index < -0.39 is 11.2 Å². The topological polar surface area (TPSA) is 93.7 Å². The highest BCUT2D eigenvalue weighted by Crippen LogP contribution is 2.37. The van der Waals surface area contributed by atoms with Gasteiger partial charge < -0.3 is 20.1 Å². The van der Waals surface area contributed by atoms with Crippen LogP contribution in [-0.2, 0) is 9.53 Å². The summed E-state index contributed by atoms with van der Waals surface area (Å²) < 4.78 is 10.5. The predicted molar refractivity (Wildman–Crippen MR) is 162 cm³/mol. The number of benzene rings is 3. The monoisotopic (exact) mass is 574 g/mol. The van der Waals surface area contributed by atoms with Crippen molar-refractivity contribution < 1.29 is 23.9 Å². The maximum Gasteiger partial charge on any atom is 0.341 e. The summed E-state index contributed by atoms with van der Waals surface area (Å²) in [5, 5.41) is 7.65. The molecule has 0 aliphatic heterocycles. The second-order valence-corrected chi connectivity index (χ2v) is 11.2. The number of carbonyl (C=O) groups excluding carboxylic acids is 3. The third-order valence-corrected chi connectivity index (χ3v) is 7.99. The van der Waals surface area contributed by atoms with Crippen molar-refractivity contribution in [3.05, 3.63) is 94.9 Å². The normalized spacial score (nSPS) is 11.4. The highest BCUT2D eigenvalue weighted by atomic mass is 32.2. The first kappa shape index (κ1) is 28.9. The van der Waals surface area contributed by atoms with Gasteiger partial charge in [-0.25, -0.2) is 4.79 Å². The number of ether oxygens (including phenoxy) is 2. The van der Waals surface area contributed by atoms with Gasteiger partial charge in [-0.1, -0.05) is 35.9 Å². The van der Waals surface area contributed by atoms with Gasteiger partial charge >= 0.3 is 5.97 Å². The molecule has 1 unspecified atom stereocenters. The highest BCUT2D eigenvalue weighted by molar-refractivity contribution is 8.00. The Hall–Kier alpha value is -4.08. The molecule has 4 aromatic rings. The Morgan fingerprint density at radius 2 is 1.70 bits per heavy atom. The third kappa shape index (κ3) is 7.11. The average molecular weight is 575 g/mol. The summed E-state index contributed by atoms with van der Waals surface area (Å²) in [6.07, 6.45) is 0. The first-order valence-corrected chi connectivity index (χ1v) is 14.4. The van der Waals surface area contributed by atoms with E-state index in [4.69, 9.17) is 9.47 Å². The first-order chi connectivity index (χ1) is 19.3. The first-order valence-electron chi connectivity index (χ1n) is 12.7. The van der Waals surface area contributed by atoms with Crippen molar-refractivity contribution >= 4 is 51.6 Å². The van der Waals surface area contributed by atoms with Crippen LogP contribution in [0.4, 0.5) is 10.7 Å². The number of carbonyl (C=O) groups is 3. The van der Waals surface area contributed by atoms with E-state index in [0.29, 0.717) is 27.6 Å². The zero-order chi connectivity index (χ0) is 28.6. The number of aryl methyl sites for hydroxylation is 1. The fourth-order valence-corrected chi connectivity index (χ4v) is 5.75. The smallest absolute Gasteiger partial charge is 0.341 e. The molecule has 7 nitrogen and oxygen atoms in total. The molecule has 206 valence electrons. The highest BCUT2D eigenvalue weighted by Gasteiger charge is 2.24. The minimum Gasteiger partial charge on any atom is -0.497 e. The summed E-state index contributed by atoms with van der Waals surface area (Å²) in [5.74, 6) is -0.301. The molecule has 0 fully saturated rings. The van der Waals surface area contributed by atoms with Crippen LogP contribution in [0.5, 0.6) is 5.75 Å². The molecule has 3 aromatic carbocycles. The van der Waals surface area contributed by atoms with E-state index in [1.807, 2.05) is 54.8 Å². The lowest BCUT2D eigenvalue weighted by molar-refractivity contribution is -0.115. The molecule has 1 aromatic heterocycles. The van der Waals surface area contributed by atoms with Crippen LogP contribution in [0.2, 0.25) is 0 Å². The lowest BCUT2D eigenvalue weighted by Gasteiger charge is -2.14. The van der Waals surface area contributed by atoms with Gasteiger partial charge in [0.2, 0.25) is 5.91 Å². The zero-order valence-electron chi connectivity index (χ0n) is 22.6. The second-order valence-electron chi connectivity index (χ2n) is 8.90. The van der Waals surface area contributed by atoms with Crippen molar-refractivity contribution in [2.24, 2.45) is 0 Å². The number of amides is 2. The number of nitrogens with one attached hydrogen (secondary N) is 2. The molecule has 1 atom stereocenters. The molecule has 0 saturated heterocycles. The Bertz CT molecular complexity index is 1500. The fourth-order valence-electron chi connectivity index (χ4n) is 3.87. The van der Waals surface area contributed by atoms with Crippen LogP contribution < -0.4 is 15.4 Å². The number of rotatable bonds is 10. The van der Waals surface area contributed by atoms with Crippen LogP contribution >= 0.6 is 23.1 Å². The molecule has 0 radical (unpaired) electrons. The second kappa shape index (κ2) is 13.3. The summed E-state index contributed by atoms with van der Waals surface area (Å²) in [5.41, 5.74) is 4.18. The zero-order valence-corrected chi connectivity index (χ0v) is 24.3. The molecule has 1 heterocycles. The molecule has 2 N–H and O–H groups in total. The van der Waals surface area contributed by atoms with Crippen LogP contribution in [0, 0.1) is 6.92 Å². The summed E-state index contributed by atoms with van der Waals surface area (Å²) >= 11 is 2.64. The van der Waals surface area contributed by atoms with Gasteiger partial charge in [0, 0.05) is 27.1 Å². The summed E-state index contributed by atoms with van der Waals surface area (Å²) in [6, 6.07) is 22.0. The largest absolute Gasteiger partial charge is 0.497 e. The van der Waals surface area contributed by atoms with E-state index in [1.165, 1.54) is 23.1 Å². The van der Waals surface area contributed by atoms with E-state index in [1.54, 1.807) is 51.3 Å². The molecule has 0 bridgehead atoms. The lowest BCUT2D eigenvalue weighted by Crippen LogP contribution is -2.23. The Balaban J connectivity index is 1.45. The molecule has 2 amide bonds.